The molecule has 1 saturated heterocycles. The van der Waals surface area contributed by atoms with E-state index in [1.807, 2.05) is 12.1 Å². The van der Waals surface area contributed by atoms with Crippen LogP contribution >= 0.6 is 11.6 Å². The number of carbonyl (C=O) groups is 1. The Labute approximate surface area is 180 Å². The van der Waals surface area contributed by atoms with E-state index in [9.17, 15) is 13.2 Å². The van der Waals surface area contributed by atoms with Gasteiger partial charge in [0.1, 0.15) is 6.54 Å². The van der Waals surface area contributed by atoms with Gasteiger partial charge in [-0.1, -0.05) is 41.9 Å². The zero-order valence-electron chi connectivity index (χ0n) is 16.4. The largest absolute Gasteiger partial charge is 0.376 e. The summed E-state index contributed by atoms with van der Waals surface area (Å²) in [5.74, 6) is -0.336. The Hall–Kier alpha value is -2.35. The van der Waals surface area contributed by atoms with E-state index in [4.69, 9.17) is 16.3 Å². The predicted octanol–water partition coefficient (Wildman–Crippen LogP) is 3.56. The minimum atomic E-state index is -3.63. The molecule has 1 N–H and O–H groups in total. The molecule has 1 amide bonds. The van der Waals surface area contributed by atoms with Crippen LogP contribution in [0.25, 0.3) is 10.9 Å². The van der Waals surface area contributed by atoms with Crippen LogP contribution in [0.3, 0.4) is 0 Å². The van der Waals surface area contributed by atoms with Crippen LogP contribution in [0.4, 0.5) is 0 Å². The second-order valence-corrected chi connectivity index (χ2v) is 9.86. The van der Waals surface area contributed by atoms with Gasteiger partial charge in [-0.2, -0.15) is 0 Å². The SMILES string of the molecule is O=C(Cn1cc(S(=O)(=O)Cc2cccc(Cl)c2)c2ccccc21)NC[C@H]1CCCO1. The van der Waals surface area contributed by atoms with Crippen molar-refractivity contribution in [2.24, 2.45) is 0 Å². The molecule has 30 heavy (non-hydrogen) atoms. The third-order valence-corrected chi connectivity index (χ3v) is 7.14. The highest BCUT2D eigenvalue weighted by molar-refractivity contribution is 7.90. The van der Waals surface area contributed by atoms with Gasteiger partial charge in [0.25, 0.3) is 0 Å². The number of ether oxygens (including phenoxy) is 1. The van der Waals surface area contributed by atoms with Gasteiger partial charge in [0.2, 0.25) is 5.91 Å². The van der Waals surface area contributed by atoms with Crippen molar-refractivity contribution >= 4 is 38.2 Å². The summed E-state index contributed by atoms with van der Waals surface area (Å²) in [5.41, 5.74) is 1.32. The minimum Gasteiger partial charge on any atom is -0.376 e. The highest BCUT2D eigenvalue weighted by atomic mass is 35.5. The molecule has 0 unspecified atom stereocenters. The lowest BCUT2D eigenvalue weighted by Crippen LogP contribution is -2.34. The predicted molar refractivity (Wildman–Crippen MR) is 116 cm³/mol. The van der Waals surface area contributed by atoms with E-state index in [2.05, 4.69) is 5.32 Å². The Bertz CT molecular complexity index is 1170. The zero-order chi connectivity index (χ0) is 21.1. The normalized spacial score (nSPS) is 16.8. The van der Waals surface area contributed by atoms with Crippen molar-refractivity contribution in [3.05, 3.63) is 65.3 Å². The molecule has 2 heterocycles. The Balaban J connectivity index is 1.57. The van der Waals surface area contributed by atoms with Crippen LogP contribution in [-0.4, -0.2) is 38.1 Å². The van der Waals surface area contributed by atoms with Gasteiger partial charge in [0.15, 0.2) is 9.84 Å². The minimum absolute atomic E-state index is 0.0416. The Morgan fingerprint density at radius 1 is 1.20 bits per heavy atom. The van der Waals surface area contributed by atoms with Crippen LogP contribution < -0.4 is 5.32 Å². The lowest BCUT2D eigenvalue weighted by molar-refractivity contribution is -0.122. The molecular formula is C22H23ClN2O4S. The number of sulfone groups is 1. The number of halogens is 1. The molecule has 3 aromatic rings. The quantitative estimate of drug-likeness (QED) is 0.602. The molecule has 1 aliphatic rings. The van der Waals surface area contributed by atoms with Crippen LogP contribution in [0, 0.1) is 0 Å². The molecule has 0 aliphatic carbocycles. The number of nitrogens with zero attached hydrogens (tertiary/aromatic N) is 1. The number of para-hydroxylation sites is 1. The first-order chi connectivity index (χ1) is 14.4. The zero-order valence-corrected chi connectivity index (χ0v) is 18.0. The second-order valence-electron chi connectivity index (χ2n) is 7.47. The van der Waals surface area contributed by atoms with Gasteiger partial charge in [-0.15, -0.1) is 0 Å². The number of benzene rings is 2. The third-order valence-electron chi connectivity index (χ3n) is 5.20. The molecule has 4 rings (SSSR count). The van der Waals surface area contributed by atoms with Crippen LogP contribution in [0.15, 0.2) is 59.6 Å². The van der Waals surface area contributed by atoms with E-state index in [0.717, 1.165) is 19.4 Å². The molecule has 2 aromatic carbocycles. The standard InChI is InChI=1S/C22H23ClN2O4S/c23-17-6-3-5-16(11-17)15-30(27,28)21-13-25(20-9-2-1-8-19(20)21)14-22(26)24-12-18-7-4-10-29-18/h1-3,5-6,8-9,11,13,18H,4,7,10,12,14-15H2,(H,24,26)/t18-/m1/s1. The van der Waals surface area contributed by atoms with Crippen molar-refractivity contribution in [2.75, 3.05) is 13.2 Å². The Kier molecular flexibility index (Phi) is 6.13. The number of hydrogen-bond donors (Lipinski definition) is 1. The highest BCUT2D eigenvalue weighted by Gasteiger charge is 2.23. The molecule has 1 aliphatic heterocycles. The number of aromatic nitrogens is 1. The first-order valence-corrected chi connectivity index (χ1v) is 11.9. The van der Waals surface area contributed by atoms with Gasteiger partial charge < -0.3 is 14.6 Å². The molecule has 0 bridgehead atoms. The highest BCUT2D eigenvalue weighted by Crippen LogP contribution is 2.28. The number of fused-ring (bicyclic) bond motifs is 1. The summed E-state index contributed by atoms with van der Waals surface area (Å²) >= 11 is 6.00. The fraction of sp³-hybridized carbons (Fsp3) is 0.318. The van der Waals surface area contributed by atoms with Crippen LogP contribution in [-0.2, 0) is 31.7 Å². The monoisotopic (exact) mass is 446 g/mol. The lowest BCUT2D eigenvalue weighted by Gasteiger charge is -2.11. The maximum Gasteiger partial charge on any atom is 0.240 e. The van der Waals surface area contributed by atoms with Crippen molar-refractivity contribution in [1.82, 2.24) is 9.88 Å². The molecule has 6 nitrogen and oxygen atoms in total. The summed E-state index contributed by atoms with van der Waals surface area (Å²) < 4.78 is 33.5. The van der Waals surface area contributed by atoms with Crippen LogP contribution in [0.1, 0.15) is 18.4 Å². The number of carbonyl (C=O) groups excluding carboxylic acids is 1. The summed E-state index contributed by atoms with van der Waals surface area (Å²) in [7, 11) is -3.63. The van der Waals surface area contributed by atoms with Gasteiger partial charge in [-0.25, -0.2) is 8.42 Å². The summed E-state index contributed by atoms with van der Waals surface area (Å²) in [6, 6.07) is 14.0. The summed E-state index contributed by atoms with van der Waals surface area (Å²) in [5, 5.41) is 3.98. The number of hydrogen-bond acceptors (Lipinski definition) is 4. The smallest absolute Gasteiger partial charge is 0.240 e. The van der Waals surface area contributed by atoms with Crippen molar-refractivity contribution in [3.8, 4) is 0 Å². The summed E-state index contributed by atoms with van der Waals surface area (Å²) in [4.78, 5) is 12.7. The van der Waals surface area contributed by atoms with E-state index in [1.165, 1.54) is 0 Å². The van der Waals surface area contributed by atoms with E-state index in [1.54, 1.807) is 47.2 Å². The molecule has 158 valence electrons. The van der Waals surface area contributed by atoms with Crippen molar-refractivity contribution < 1.29 is 17.9 Å². The van der Waals surface area contributed by atoms with Crippen LogP contribution in [0.2, 0.25) is 5.02 Å². The van der Waals surface area contributed by atoms with Gasteiger partial charge in [-0.3, -0.25) is 4.79 Å². The fourth-order valence-electron chi connectivity index (χ4n) is 3.76. The molecule has 0 radical (unpaired) electrons. The van der Waals surface area contributed by atoms with E-state index >= 15 is 0 Å². The Morgan fingerprint density at radius 2 is 2.03 bits per heavy atom. The number of rotatable bonds is 7. The molecule has 8 heteroatoms. The first-order valence-electron chi connectivity index (χ1n) is 9.86. The number of amides is 1. The summed E-state index contributed by atoms with van der Waals surface area (Å²) in [6.45, 7) is 1.24. The van der Waals surface area contributed by atoms with Crippen LogP contribution in [0.5, 0.6) is 0 Å². The van der Waals surface area contributed by atoms with Crippen molar-refractivity contribution in [3.63, 3.8) is 0 Å². The average molecular weight is 447 g/mol. The maximum atomic E-state index is 13.2. The average Bonchev–Trinajstić information content (AvgIpc) is 3.35. The van der Waals surface area contributed by atoms with Crippen molar-refractivity contribution in [2.45, 2.75) is 36.1 Å². The van der Waals surface area contributed by atoms with E-state index < -0.39 is 9.84 Å². The third kappa shape index (κ3) is 4.69. The van der Waals surface area contributed by atoms with Gasteiger partial charge in [0.05, 0.1) is 16.8 Å². The number of nitrogens with one attached hydrogen (secondary N) is 1. The molecule has 1 fully saturated rings. The molecular weight excluding hydrogens is 424 g/mol. The molecule has 1 atom stereocenters. The second kappa shape index (κ2) is 8.79. The summed E-state index contributed by atoms with van der Waals surface area (Å²) in [6.07, 6.45) is 3.56. The van der Waals surface area contributed by atoms with E-state index in [0.29, 0.717) is 28.0 Å². The van der Waals surface area contributed by atoms with Gasteiger partial charge in [-0.05, 0) is 36.6 Å². The Morgan fingerprint density at radius 3 is 2.80 bits per heavy atom. The molecule has 1 aromatic heterocycles. The van der Waals surface area contributed by atoms with Crippen molar-refractivity contribution in [1.29, 1.82) is 0 Å². The molecule has 0 saturated carbocycles. The topological polar surface area (TPSA) is 77.4 Å². The first kappa shape index (κ1) is 20.9. The van der Waals surface area contributed by atoms with Gasteiger partial charge in [0, 0.05) is 35.3 Å². The van der Waals surface area contributed by atoms with E-state index in [-0.39, 0.29) is 29.2 Å². The van der Waals surface area contributed by atoms with Gasteiger partial charge >= 0.3 is 0 Å². The maximum absolute atomic E-state index is 13.2. The lowest BCUT2D eigenvalue weighted by atomic mass is 10.2. The fourth-order valence-corrected chi connectivity index (χ4v) is 5.54. The molecule has 0 spiro atoms.